The van der Waals surface area contributed by atoms with E-state index in [4.69, 9.17) is 0 Å². The van der Waals surface area contributed by atoms with Crippen LogP contribution in [-0.4, -0.2) is 27.4 Å². The summed E-state index contributed by atoms with van der Waals surface area (Å²) in [7, 11) is 0. The molecule has 3 aromatic rings. The lowest BCUT2D eigenvalue weighted by atomic mass is 10.0. The largest absolute Gasteiger partial charge is 0.340 e. The number of ketones is 1. The van der Waals surface area contributed by atoms with Gasteiger partial charge in [0.2, 0.25) is 5.91 Å². The van der Waals surface area contributed by atoms with Crippen LogP contribution in [0.15, 0.2) is 72.1 Å². The summed E-state index contributed by atoms with van der Waals surface area (Å²) in [6, 6.07) is 16.0. The first-order valence-electron chi connectivity index (χ1n) is 7.35. The number of nitrogens with one attached hydrogen (secondary N) is 2. The van der Waals surface area contributed by atoms with Gasteiger partial charge in [0, 0.05) is 23.5 Å². The van der Waals surface area contributed by atoms with Crippen molar-refractivity contribution in [2.45, 2.75) is 5.16 Å². The SMILES string of the molecule is O=C(CSc1ncc[nH]1)Nc1ccccc1C(=O)c1ccccc1. The monoisotopic (exact) mass is 337 g/mol. The average Bonchev–Trinajstić information content (AvgIpc) is 3.14. The summed E-state index contributed by atoms with van der Waals surface area (Å²) in [5.41, 5.74) is 1.57. The highest BCUT2D eigenvalue weighted by molar-refractivity contribution is 7.99. The Morgan fingerprint density at radius 1 is 1.04 bits per heavy atom. The van der Waals surface area contributed by atoms with E-state index in [1.165, 1.54) is 11.8 Å². The first kappa shape index (κ1) is 16.0. The van der Waals surface area contributed by atoms with E-state index in [2.05, 4.69) is 15.3 Å². The van der Waals surface area contributed by atoms with Crippen molar-refractivity contribution in [1.82, 2.24) is 9.97 Å². The van der Waals surface area contributed by atoms with Gasteiger partial charge in [-0.2, -0.15) is 0 Å². The first-order valence-corrected chi connectivity index (χ1v) is 8.33. The second-order valence-corrected chi connectivity index (χ2v) is 5.94. The van der Waals surface area contributed by atoms with E-state index in [-0.39, 0.29) is 17.4 Å². The van der Waals surface area contributed by atoms with E-state index in [9.17, 15) is 9.59 Å². The van der Waals surface area contributed by atoms with Crippen LogP contribution >= 0.6 is 11.8 Å². The number of nitrogens with zero attached hydrogens (tertiary/aromatic N) is 1. The van der Waals surface area contributed by atoms with Crippen molar-refractivity contribution < 1.29 is 9.59 Å². The van der Waals surface area contributed by atoms with Crippen molar-refractivity contribution in [2.75, 3.05) is 11.1 Å². The summed E-state index contributed by atoms with van der Waals surface area (Å²) >= 11 is 1.30. The Bertz CT molecular complexity index is 832. The van der Waals surface area contributed by atoms with Crippen molar-refractivity contribution >= 4 is 29.1 Å². The molecule has 0 aliphatic rings. The molecule has 0 atom stereocenters. The molecule has 0 aliphatic heterocycles. The van der Waals surface area contributed by atoms with Gasteiger partial charge in [-0.3, -0.25) is 9.59 Å². The van der Waals surface area contributed by atoms with E-state index in [0.29, 0.717) is 22.0 Å². The molecule has 3 rings (SSSR count). The number of benzene rings is 2. The molecule has 120 valence electrons. The zero-order valence-electron chi connectivity index (χ0n) is 12.7. The van der Waals surface area contributed by atoms with Crippen LogP contribution in [0.5, 0.6) is 0 Å². The van der Waals surface area contributed by atoms with Crippen LogP contribution in [0, 0.1) is 0 Å². The zero-order chi connectivity index (χ0) is 16.8. The van der Waals surface area contributed by atoms with Gasteiger partial charge in [-0.05, 0) is 12.1 Å². The van der Waals surface area contributed by atoms with Crippen molar-refractivity contribution in [2.24, 2.45) is 0 Å². The van der Waals surface area contributed by atoms with E-state index >= 15 is 0 Å². The van der Waals surface area contributed by atoms with Crippen LogP contribution in [0.3, 0.4) is 0 Å². The predicted molar refractivity (Wildman–Crippen MR) is 94.3 cm³/mol. The van der Waals surface area contributed by atoms with Crippen LogP contribution in [0.2, 0.25) is 0 Å². The molecule has 0 radical (unpaired) electrons. The third-order valence-corrected chi connectivity index (χ3v) is 4.20. The number of amides is 1. The van der Waals surface area contributed by atoms with Crippen molar-refractivity contribution in [3.8, 4) is 0 Å². The van der Waals surface area contributed by atoms with E-state index in [0.717, 1.165) is 0 Å². The topological polar surface area (TPSA) is 74.8 Å². The average molecular weight is 337 g/mol. The van der Waals surface area contributed by atoms with Gasteiger partial charge >= 0.3 is 0 Å². The maximum Gasteiger partial charge on any atom is 0.234 e. The van der Waals surface area contributed by atoms with E-state index in [1.54, 1.807) is 48.8 Å². The molecule has 0 bridgehead atoms. The van der Waals surface area contributed by atoms with E-state index in [1.807, 2.05) is 18.2 Å². The van der Waals surface area contributed by atoms with Crippen LogP contribution in [-0.2, 0) is 4.79 Å². The Kier molecular flexibility index (Phi) is 5.08. The molecule has 24 heavy (non-hydrogen) atoms. The van der Waals surface area contributed by atoms with Crippen LogP contribution < -0.4 is 5.32 Å². The lowest BCUT2D eigenvalue weighted by Crippen LogP contribution is -2.17. The van der Waals surface area contributed by atoms with E-state index < -0.39 is 0 Å². The summed E-state index contributed by atoms with van der Waals surface area (Å²) < 4.78 is 0. The molecule has 5 nitrogen and oxygen atoms in total. The Morgan fingerprint density at radius 3 is 2.54 bits per heavy atom. The summed E-state index contributed by atoms with van der Waals surface area (Å²) in [5.74, 6) is -0.101. The van der Waals surface area contributed by atoms with Crippen LogP contribution in [0.25, 0.3) is 0 Å². The fourth-order valence-corrected chi connectivity index (χ4v) is 2.81. The quantitative estimate of drug-likeness (QED) is 0.534. The molecule has 0 fully saturated rings. The molecule has 1 amide bonds. The Labute approximate surface area is 143 Å². The maximum absolute atomic E-state index is 12.6. The minimum Gasteiger partial charge on any atom is -0.340 e. The van der Waals surface area contributed by atoms with Crippen molar-refractivity contribution in [3.63, 3.8) is 0 Å². The molecule has 2 N–H and O–H groups in total. The molecule has 1 aromatic heterocycles. The number of imidazole rings is 1. The highest BCUT2D eigenvalue weighted by atomic mass is 32.2. The number of H-pyrrole nitrogens is 1. The standard InChI is InChI=1S/C18H15N3O2S/c22-16(12-24-18-19-10-11-20-18)21-15-9-5-4-8-14(15)17(23)13-6-2-1-3-7-13/h1-11H,12H2,(H,19,20)(H,21,22). The summed E-state index contributed by atoms with van der Waals surface area (Å²) in [6.45, 7) is 0. The molecular weight excluding hydrogens is 322 g/mol. The maximum atomic E-state index is 12.6. The Morgan fingerprint density at radius 2 is 1.79 bits per heavy atom. The van der Waals surface area contributed by atoms with Gasteiger partial charge < -0.3 is 10.3 Å². The Hall–Kier alpha value is -2.86. The number of thioether (sulfide) groups is 1. The summed E-state index contributed by atoms with van der Waals surface area (Å²) in [4.78, 5) is 31.7. The number of hydrogen-bond donors (Lipinski definition) is 2. The third kappa shape index (κ3) is 3.91. The smallest absolute Gasteiger partial charge is 0.234 e. The molecule has 6 heteroatoms. The molecular formula is C18H15N3O2S. The number of rotatable bonds is 6. The second kappa shape index (κ2) is 7.61. The number of aromatic amines is 1. The number of hydrogen-bond acceptors (Lipinski definition) is 4. The molecule has 0 spiro atoms. The fourth-order valence-electron chi connectivity index (χ4n) is 2.19. The summed E-state index contributed by atoms with van der Waals surface area (Å²) in [6.07, 6.45) is 3.34. The minimum absolute atomic E-state index is 0.120. The molecule has 0 saturated carbocycles. The number of anilines is 1. The van der Waals surface area contributed by atoms with Gasteiger partial charge in [0.15, 0.2) is 10.9 Å². The zero-order valence-corrected chi connectivity index (χ0v) is 13.5. The second-order valence-electron chi connectivity index (χ2n) is 4.97. The lowest BCUT2D eigenvalue weighted by Gasteiger charge is -2.10. The number of carbonyl (C=O) groups excluding carboxylic acids is 2. The molecule has 1 heterocycles. The fraction of sp³-hybridized carbons (Fsp3) is 0.0556. The van der Waals surface area contributed by atoms with Gasteiger partial charge in [-0.15, -0.1) is 0 Å². The van der Waals surface area contributed by atoms with Crippen molar-refractivity contribution in [1.29, 1.82) is 0 Å². The van der Waals surface area contributed by atoms with Gasteiger partial charge in [-0.1, -0.05) is 54.2 Å². The van der Waals surface area contributed by atoms with Gasteiger partial charge in [0.1, 0.15) is 0 Å². The molecule has 0 saturated heterocycles. The minimum atomic E-state index is -0.190. The van der Waals surface area contributed by atoms with Gasteiger partial charge in [-0.25, -0.2) is 4.98 Å². The number of aromatic nitrogens is 2. The number of carbonyl (C=O) groups is 2. The third-order valence-electron chi connectivity index (χ3n) is 3.29. The molecule has 0 aliphatic carbocycles. The summed E-state index contributed by atoms with van der Waals surface area (Å²) in [5, 5.41) is 3.48. The predicted octanol–water partition coefficient (Wildman–Crippen LogP) is 3.37. The van der Waals surface area contributed by atoms with Crippen LogP contribution in [0.1, 0.15) is 15.9 Å². The van der Waals surface area contributed by atoms with Gasteiger partial charge in [0.05, 0.1) is 11.4 Å². The highest BCUT2D eigenvalue weighted by Gasteiger charge is 2.15. The van der Waals surface area contributed by atoms with Crippen molar-refractivity contribution in [3.05, 3.63) is 78.1 Å². The molecule has 0 unspecified atom stereocenters. The number of para-hydroxylation sites is 1. The first-order chi connectivity index (χ1) is 11.7. The highest BCUT2D eigenvalue weighted by Crippen LogP contribution is 2.20. The Balaban J connectivity index is 1.72. The molecule has 2 aromatic carbocycles. The van der Waals surface area contributed by atoms with Crippen LogP contribution in [0.4, 0.5) is 5.69 Å². The normalized spacial score (nSPS) is 10.3. The van der Waals surface area contributed by atoms with Gasteiger partial charge in [0.25, 0.3) is 0 Å². The lowest BCUT2D eigenvalue weighted by molar-refractivity contribution is -0.113.